The van der Waals surface area contributed by atoms with Crippen LogP contribution in [0.15, 0.2) is 18.2 Å². The third kappa shape index (κ3) is 2.46. The van der Waals surface area contributed by atoms with E-state index in [1.807, 2.05) is 6.07 Å². The lowest BCUT2D eigenvalue weighted by Gasteiger charge is -2.13. The summed E-state index contributed by atoms with van der Waals surface area (Å²) in [6.07, 6.45) is 0. The summed E-state index contributed by atoms with van der Waals surface area (Å²) in [5.41, 5.74) is 0.719. The van der Waals surface area contributed by atoms with Crippen LogP contribution in [0.4, 0.5) is 0 Å². The summed E-state index contributed by atoms with van der Waals surface area (Å²) in [5, 5.41) is 9.99. The number of nitriles is 1. The van der Waals surface area contributed by atoms with Crippen LogP contribution >= 0.6 is 11.6 Å². The number of nitrogens with zero attached hydrogens (tertiary/aromatic N) is 2. The molecule has 0 aromatic heterocycles. The van der Waals surface area contributed by atoms with Gasteiger partial charge >= 0.3 is 0 Å². The van der Waals surface area contributed by atoms with Crippen molar-refractivity contribution < 1.29 is 9.63 Å². The Kier molecular flexibility index (Phi) is 3.67. The highest BCUT2D eigenvalue weighted by Crippen LogP contribution is 2.17. The molecular weight excluding hydrogens is 216 g/mol. The second-order valence-corrected chi connectivity index (χ2v) is 3.20. The molecule has 0 saturated carbocycles. The van der Waals surface area contributed by atoms with Crippen LogP contribution in [0.5, 0.6) is 0 Å². The molecule has 1 rings (SSSR count). The molecule has 0 aliphatic carbocycles. The van der Waals surface area contributed by atoms with Crippen LogP contribution in [0.25, 0.3) is 0 Å². The molecule has 1 amide bonds. The zero-order chi connectivity index (χ0) is 11.4. The Balaban J connectivity index is 3.04. The first kappa shape index (κ1) is 11.5. The molecule has 4 nitrogen and oxygen atoms in total. The lowest BCUT2D eigenvalue weighted by molar-refractivity contribution is -0.0756. The van der Waals surface area contributed by atoms with E-state index in [4.69, 9.17) is 21.7 Å². The van der Waals surface area contributed by atoms with Crippen LogP contribution in [-0.4, -0.2) is 25.1 Å². The smallest absolute Gasteiger partial charge is 0.274 e. The van der Waals surface area contributed by atoms with Gasteiger partial charge in [-0.1, -0.05) is 11.6 Å². The maximum absolute atomic E-state index is 11.6. The van der Waals surface area contributed by atoms with Gasteiger partial charge in [-0.25, -0.2) is 5.06 Å². The molecule has 0 heterocycles. The zero-order valence-electron chi connectivity index (χ0n) is 8.32. The number of benzene rings is 1. The Hall–Kier alpha value is -1.57. The van der Waals surface area contributed by atoms with Crippen molar-refractivity contribution in [2.75, 3.05) is 14.2 Å². The zero-order valence-corrected chi connectivity index (χ0v) is 9.08. The lowest BCUT2D eigenvalue weighted by Crippen LogP contribution is -2.25. The molecule has 0 saturated heterocycles. The number of hydrogen-bond acceptors (Lipinski definition) is 3. The summed E-state index contributed by atoms with van der Waals surface area (Å²) in [6, 6.07) is 6.39. The lowest BCUT2D eigenvalue weighted by atomic mass is 10.1. The molecule has 0 aliphatic rings. The normalized spacial score (nSPS) is 9.47. The molecule has 0 bridgehead atoms. The minimum atomic E-state index is -0.316. The van der Waals surface area contributed by atoms with E-state index in [0.717, 1.165) is 5.06 Å². The van der Waals surface area contributed by atoms with Gasteiger partial charge in [-0.3, -0.25) is 9.63 Å². The highest BCUT2D eigenvalue weighted by molar-refractivity contribution is 6.32. The van der Waals surface area contributed by atoms with Crippen molar-refractivity contribution in [1.29, 1.82) is 5.26 Å². The van der Waals surface area contributed by atoms with Crippen LogP contribution < -0.4 is 0 Å². The van der Waals surface area contributed by atoms with Gasteiger partial charge in [-0.2, -0.15) is 5.26 Å². The van der Waals surface area contributed by atoms with Crippen molar-refractivity contribution in [3.63, 3.8) is 0 Å². The number of carbonyl (C=O) groups is 1. The van der Waals surface area contributed by atoms with Gasteiger partial charge in [-0.15, -0.1) is 0 Å². The molecule has 15 heavy (non-hydrogen) atoms. The Morgan fingerprint density at radius 2 is 2.27 bits per heavy atom. The van der Waals surface area contributed by atoms with E-state index in [1.165, 1.54) is 32.4 Å². The Morgan fingerprint density at radius 1 is 1.60 bits per heavy atom. The Morgan fingerprint density at radius 3 is 2.73 bits per heavy atom. The van der Waals surface area contributed by atoms with Gasteiger partial charge in [0.05, 0.1) is 17.7 Å². The second-order valence-electron chi connectivity index (χ2n) is 2.79. The van der Waals surface area contributed by atoms with Crippen molar-refractivity contribution in [3.05, 3.63) is 34.3 Å². The topological polar surface area (TPSA) is 53.3 Å². The van der Waals surface area contributed by atoms with Crippen molar-refractivity contribution in [3.8, 4) is 6.07 Å². The van der Waals surface area contributed by atoms with Gasteiger partial charge in [0.25, 0.3) is 5.91 Å². The van der Waals surface area contributed by atoms with E-state index in [2.05, 4.69) is 0 Å². The number of halogens is 1. The van der Waals surface area contributed by atoms with E-state index in [1.54, 1.807) is 0 Å². The van der Waals surface area contributed by atoms with E-state index in [9.17, 15) is 4.79 Å². The molecule has 0 aliphatic heterocycles. The summed E-state index contributed by atoms with van der Waals surface area (Å²) >= 11 is 5.79. The summed E-state index contributed by atoms with van der Waals surface area (Å²) in [6.45, 7) is 0. The predicted octanol–water partition coefficient (Wildman–Crippen LogP) is 1.85. The van der Waals surface area contributed by atoms with Crippen molar-refractivity contribution in [1.82, 2.24) is 5.06 Å². The van der Waals surface area contributed by atoms with Crippen molar-refractivity contribution in [2.45, 2.75) is 0 Å². The van der Waals surface area contributed by atoms with E-state index in [0.29, 0.717) is 11.1 Å². The van der Waals surface area contributed by atoms with Gasteiger partial charge < -0.3 is 0 Å². The SMILES string of the molecule is CON(C)C(=O)c1ccc(C#N)c(Cl)c1. The average molecular weight is 225 g/mol. The number of rotatable bonds is 2. The van der Waals surface area contributed by atoms with Crippen LogP contribution in [-0.2, 0) is 4.84 Å². The minimum Gasteiger partial charge on any atom is -0.274 e. The molecular formula is C10H9ClN2O2. The Bertz CT molecular complexity index is 426. The summed E-state index contributed by atoms with van der Waals surface area (Å²) in [4.78, 5) is 16.3. The molecule has 0 unspecified atom stereocenters. The van der Waals surface area contributed by atoms with Gasteiger partial charge in [0, 0.05) is 12.6 Å². The standard InChI is InChI=1S/C10H9ClN2O2/c1-13(15-2)10(14)7-3-4-8(6-12)9(11)5-7/h3-5H,1-2H3. The molecule has 0 spiro atoms. The maximum atomic E-state index is 11.6. The second kappa shape index (κ2) is 4.78. The minimum absolute atomic E-state index is 0.257. The molecule has 0 atom stereocenters. The van der Waals surface area contributed by atoms with Crippen molar-refractivity contribution in [2.24, 2.45) is 0 Å². The van der Waals surface area contributed by atoms with E-state index in [-0.39, 0.29) is 10.9 Å². The van der Waals surface area contributed by atoms with Gasteiger partial charge in [0.2, 0.25) is 0 Å². The average Bonchev–Trinajstić information content (AvgIpc) is 2.26. The van der Waals surface area contributed by atoms with E-state index < -0.39 is 0 Å². The van der Waals surface area contributed by atoms with Crippen LogP contribution in [0.1, 0.15) is 15.9 Å². The molecule has 0 fully saturated rings. The molecule has 1 aromatic rings. The highest BCUT2D eigenvalue weighted by Gasteiger charge is 2.12. The number of hydroxylamine groups is 2. The maximum Gasteiger partial charge on any atom is 0.277 e. The van der Waals surface area contributed by atoms with Gasteiger partial charge in [0.1, 0.15) is 6.07 Å². The quantitative estimate of drug-likeness (QED) is 0.721. The molecule has 78 valence electrons. The molecule has 0 radical (unpaired) electrons. The fraction of sp³-hybridized carbons (Fsp3) is 0.200. The van der Waals surface area contributed by atoms with Crippen LogP contribution in [0.3, 0.4) is 0 Å². The van der Waals surface area contributed by atoms with Gasteiger partial charge in [-0.05, 0) is 18.2 Å². The number of hydrogen-bond donors (Lipinski definition) is 0. The van der Waals surface area contributed by atoms with Crippen LogP contribution in [0, 0.1) is 11.3 Å². The van der Waals surface area contributed by atoms with E-state index >= 15 is 0 Å². The monoisotopic (exact) mass is 224 g/mol. The fourth-order valence-corrected chi connectivity index (χ4v) is 1.23. The fourth-order valence-electron chi connectivity index (χ4n) is 1.00. The predicted molar refractivity (Wildman–Crippen MR) is 55.3 cm³/mol. The first-order valence-corrected chi connectivity index (χ1v) is 4.49. The summed E-state index contributed by atoms with van der Waals surface area (Å²) in [7, 11) is 2.89. The molecule has 0 N–H and O–H groups in total. The third-order valence-corrected chi connectivity index (χ3v) is 2.21. The van der Waals surface area contributed by atoms with Crippen molar-refractivity contribution >= 4 is 17.5 Å². The summed E-state index contributed by atoms with van der Waals surface area (Å²) in [5.74, 6) is -0.316. The van der Waals surface area contributed by atoms with Crippen LogP contribution in [0.2, 0.25) is 5.02 Å². The molecule has 5 heteroatoms. The number of amides is 1. The first-order chi connectivity index (χ1) is 7.10. The number of carbonyl (C=O) groups excluding carboxylic acids is 1. The largest absolute Gasteiger partial charge is 0.277 e. The highest BCUT2D eigenvalue weighted by atomic mass is 35.5. The summed E-state index contributed by atoms with van der Waals surface area (Å²) < 4.78 is 0. The molecule has 1 aromatic carbocycles. The van der Waals surface area contributed by atoms with Gasteiger partial charge in [0.15, 0.2) is 0 Å². The Labute approximate surface area is 92.6 Å². The third-order valence-electron chi connectivity index (χ3n) is 1.90. The first-order valence-electron chi connectivity index (χ1n) is 4.12.